The highest BCUT2D eigenvalue weighted by molar-refractivity contribution is 5.84. The van der Waals surface area contributed by atoms with E-state index in [0.29, 0.717) is 5.92 Å². The first-order chi connectivity index (χ1) is 11.6. The topological polar surface area (TPSA) is 62.7 Å². The summed E-state index contributed by atoms with van der Waals surface area (Å²) < 4.78 is 5.13. The van der Waals surface area contributed by atoms with E-state index in [-0.39, 0.29) is 12.5 Å². The third kappa shape index (κ3) is 5.43. The van der Waals surface area contributed by atoms with Crippen LogP contribution in [-0.4, -0.2) is 25.8 Å². The van der Waals surface area contributed by atoms with Crippen LogP contribution in [0.3, 0.4) is 0 Å². The predicted molar refractivity (Wildman–Crippen MR) is 97.8 cm³/mol. The molecule has 0 aliphatic rings. The number of anilines is 1. The van der Waals surface area contributed by atoms with Crippen molar-refractivity contribution in [2.24, 2.45) is 5.10 Å². The van der Waals surface area contributed by atoms with Crippen molar-refractivity contribution in [1.29, 1.82) is 0 Å². The third-order valence-electron chi connectivity index (χ3n) is 3.53. The second-order valence-corrected chi connectivity index (χ2v) is 5.70. The van der Waals surface area contributed by atoms with Gasteiger partial charge in [0, 0.05) is 11.8 Å². The number of amides is 1. The molecule has 0 heterocycles. The lowest BCUT2D eigenvalue weighted by molar-refractivity contribution is -0.119. The molecule has 2 rings (SSSR count). The summed E-state index contributed by atoms with van der Waals surface area (Å²) in [4.78, 5) is 11.8. The fourth-order valence-electron chi connectivity index (χ4n) is 2.10. The van der Waals surface area contributed by atoms with Crippen LogP contribution in [0.1, 0.15) is 30.9 Å². The van der Waals surface area contributed by atoms with Gasteiger partial charge in [0.05, 0.1) is 19.9 Å². The summed E-state index contributed by atoms with van der Waals surface area (Å²) in [7, 11) is 1.61. The largest absolute Gasteiger partial charge is 0.497 e. The van der Waals surface area contributed by atoms with Gasteiger partial charge in [0.25, 0.3) is 5.91 Å². The predicted octanol–water partition coefficient (Wildman–Crippen LogP) is 3.38. The van der Waals surface area contributed by atoms with Crippen LogP contribution < -0.4 is 15.5 Å². The van der Waals surface area contributed by atoms with Gasteiger partial charge in [0.2, 0.25) is 0 Å². The van der Waals surface area contributed by atoms with E-state index in [0.717, 1.165) is 17.0 Å². The zero-order valence-electron chi connectivity index (χ0n) is 14.2. The molecule has 0 spiro atoms. The molecule has 0 aromatic heterocycles. The van der Waals surface area contributed by atoms with Crippen molar-refractivity contribution in [2.75, 3.05) is 19.0 Å². The molecule has 5 heteroatoms. The monoisotopic (exact) mass is 325 g/mol. The first-order valence-electron chi connectivity index (χ1n) is 7.88. The summed E-state index contributed by atoms with van der Waals surface area (Å²) in [5.41, 5.74) is 5.54. The quantitative estimate of drug-likeness (QED) is 0.606. The average Bonchev–Trinajstić information content (AvgIpc) is 2.60. The van der Waals surface area contributed by atoms with E-state index in [1.807, 2.05) is 36.4 Å². The minimum absolute atomic E-state index is 0.136. The SMILES string of the molecule is COc1cccc(NCC(=O)N/N=C\c2ccc(C(C)C)cc2)c1. The van der Waals surface area contributed by atoms with Crippen molar-refractivity contribution in [3.05, 3.63) is 59.7 Å². The van der Waals surface area contributed by atoms with Gasteiger partial charge in [-0.15, -0.1) is 0 Å². The van der Waals surface area contributed by atoms with E-state index < -0.39 is 0 Å². The Balaban J connectivity index is 1.79. The summed E-state index contributed by atoms with van der Waals surface area (Å²) >= 11 is 0. The molecule has 5 nitrogen and oxygen atoms in total. The molecule has 1 amide bonds. The first kappa shape index (κ1) is 17.5. The normalized spacial score (nSPS) is 10.8. The molecular formula is C19H23N3O2. The second kappa shape index (κ2) is 8.72. The number of nitrogens with zero attached hydrogens (tertiary/aromatic N) is 1. The van der Waals surface area contributed by atoms with Gasteiger partial charge in [-0.3, -0.25) is 4.79 Å². The van der Waals surface area contributed by atoms with Gasteiger partial charge in [-0.05, 0) is 29.2 Å². The van der Waals surface area contributed by atoms with Crippen LogP contribution in [0.15, 0.2) is 53.6 Å². The minimum atomic E-state index is -0.215. The van der Waals surface area contributed by atoms with Crippen molar-refractivity contribution in [3.63, 3.8) is 0 Å². The van der Waals surface area contributed by atoms with Gasteiger partial charge in [-0.2, -0.15) is 5.10 Å². The second-order valence-electron chi connectivity index (χ2n) is 5.70. The lowest BCUT2D eigenvalue weighted by Crippen LogP contribution is -2.25. The van der Waals surface area contributed by atoms with Crippen LogP contribution in [0, 0.1) is 0 Å². The highest BCUT2D eigenvalue weighted by Crippen LogP contribution is 2.16. The van der Waals surface area contributed by atoms with Crippen molar-refractivity contribution in [2.45, 2.75) is 19.8 Å². The highest BCUT2D eigenvalue weighted by Gasteiger charge is 2.01. The van der Waals surface area contributed by atoms with Crippen LogP contribution >= 0.6 is 0 Å². The molecule has 0 saturated carbocycles. The third-order valence-corrected chi connectivity index (χ3v) is 3.53. The fourth-order valence-corrected chi connectivity index (χ4v) is 2.10. The van der Waals surface area contributed by atoms with Crippen LogP contribution in [0.25, 0.3) is 0 Å². The Morgan fingerprint density at radius 2 is 1.96 bits per heavy atom. The Morgan fingerprint density at radius 3 is 2.62 bits per heavy atom. The average molecular weight is 325 g/mol. The zero-order chi connectivity index (χ0) is 17.4. The molecule has 2 aromatic rings. The number of hydrazone groups is 1. The van der Waals surface area contributed by atoms with E-state index in [4.69, 9.17) is 4.74 Å². The van der Waals surface area contributed by atoms with Gasteiger partial charge in [0.15, 0.2) is 0 Å². The number of rotatable bonds is 7. The maximum atomic E-state index is 11.8. The minimum Gasteiger partial charge on any atom is -0.497 e. The smallest absolute Gasteiger partial charge is 0.259 e. The summed E-state index contributed by atoms with van der Waals surface area (Å²) in [6.45, 7) is 4.44. The molecule has 0 radical (unpaired) electrons. The van der Waals surface area contributed by atoms with E-state index in [1.165, 1.54) is 5.56 Å². The molecule has 0 fully saturated rings. The van der Waals surface area contributed by atoms with E-state index in [9.17, 15) is 4.79 Å². The van der Waals surface area contributed by atoms with Crippen molar-refractivity contribution in [3.8, 4) is 5.75 Å². The number of benzene rings is 2. The van der Waals surface area contributed by atoms with Gasteiger partial charge in [0.1, 0.15) is 5.75 Å². The number of nitrogens with one attached hydrogen (secondary N) is 2. The summed E-state index contributed by atoms with van der Waals surface area (Å²) in [6.07, 6.45) is 1.63. The Bertz CT molecular complexity index is 694. The van der Waals surface area contributed by atoms with Crippen LogP contribution in [-0.2, 0) is 4.79 Å². The van der Waals surface area contributed by atoms with Gasteiger partial charge in [-0.1, -0.05) is 44.2 Å². The van der Waals surface area contributed by atoms with Crippen molar-refractivity contribution >= 4 is 17.8 Å². The van der Waals surface area contributed by atoms with E-state index in [2.05, 4.69) is 41.8 Å². The Morgan fingerprint density at radius 1 is 1.21 bits per heavy atom. The van der Waals surface area contributed by atoms with Crippen molar-refractivity contribution in [1.82, 2.24) is 5.43 Å². The van der Waals surface area contributed by atoms with E-state index >= 15 is 0 Å². The zero-order valence-corrected chi connectivity index (χ0v) is 14.2. The maximum absolute atomic E-state index is 11.8. The maximum Gasteiger partial charge on any atom is 0.259 e. The molecule has 24 heavy (non-hydrogen) atoms. The van der Waals surface area contributed by atoms with E-state index in [1.54, 1.807) is 13.3 Å². The summed E-state index contributed by atoms with van der Waals surface area (Å²) in [5, 5.41) is 6.99. The van der Waals surface area contributed by atoms with Crippen LogP contribution in [0.5, 0.6) is 5.75 Å². The van der Waals surface area contributed by atoms with Crippen LogP contribution in [0.2, 0.25) is 0 Å². The first-order valence-corrected chi connectivity index (χ1v) is 7.88. The Kier molecular flexibility index (Phi) is 6.37. The lowest BCUT2D eigenvalue weighted by atomic mass is 10.0. The molecule has 0 unspecified atom stereocenters. The molecule has 0 bridgehead atoms. The molecule has 2 N–H and O–H groups in total. The molecule has 0 aliphatic heterocycles. The number of hydrogen-bond acceptors (Lipinski definition) is 4. The number of ether oxygens (including phenoxy) is 1. The van der Waals surface area contributed by atoms with Crippen molar-refractivity contribution < 1.29 is 9.53 Å². The number of hydrogen-bond donors (Lipinski definition) is 2. The molecule has 0 aliphatic carbocycles. The molecular weight excluding hydrogens is 302 g/mol. The Hall–Kier alpha value is -2.82. The summed E-state index contributed by atoms with van der Waals surface area (Å²) in [6, 6.07) is 15.5. The molecule has 126 valence electrons. The lowest BCUT2D eigenvalue weighted by Gasteiger charge is -2.07. The van der Waals surface area contributed by atoms with Gasteiger partial charge < -0.3 is 10.1 Å². The number of carbonyl (C=O) groups is 1. The highest BCUT2D eigenvalue weighted by atomic mass is 16.5. The molecule has 0 saturated heterocycles. The van der Waals surface area contributed by atoms with Gasteiger partial charge in [-0.25, -0.2) is 5.43 Å². The Labute approximate surface area is 142 Å². The number of carbonyl (C=O) groups excluding carboxylic acids is 1. The molecule has 2 aromatic carbocycles. The summed E-state index contributed by atoms with van der Waals surface area (Å²) in [5.74, 6) is 1.02. The number of methoxy groups -OCH3 is 1. The van der Waals surface area contributed by atoms with Crippen LogP contribution in [0.4, 0.5) is 5.69 Å². The van der Waals surface area contributed by atoms with Gasteiger partial charge >= 0.3 is 0 Å². The fraction of sp³-hybridized carbons (Fsp3) is 0.263. The molecule has 0 atom stereocenters. The standard InChI is InChI=1S/C19H23N3O2/c1-14(2)16-9-7-15(8-10-16)12-21-22-19(23)13-20-17-5-4-6-18(11-17)24-3/h4-12,14,20H,13H2,1-3H3,(H,22,23)/b21-12-.